The van der Waals surface area contributed by atoms with E-state index in [4.69, 9.17) is 4.74 Å². The van der Waals surface area contributed by atoms with Gasteiger partial charge in [-0.2, -0.15) is 4.98 Å². The number of benzene rings is 1. The summed E-state index contributed by atoms with van der Waals surface area (Å²) in [6.07, 6.45) is 0. The molecule has 100 valence electrons. The number of rotatable bonds is 3. The van der Waals surface area contributed by atoms with Crippen molar-refractivity contribution >= 4 is 15.9 Å². The lowest BCUT2D eigenvalue weighted by atomic mass is 10.2. The minimum Gasteiger partial charge on any atom is -0.439 e. The predicted octanol–water partition coefficient (Wildman–Crippen LogP) is 4.43. The van der Waals surface area contributed by atoms with Gasteiger partial charge in [-0.3, -0.25) is 0 Å². The molecule has 0 spiro atoms. The zero-order valence-electron chi connectivity index (χ0n) is 10.3. The first-order valence-corrected chi connectivity index (χ1v) is 6.42. The molecule has 0 saturated carbocycles. The maximum absolute atomic E-state index is 13.1. The zero-order valence-corrected chi connectivity index (χ0v) is 11.9. The Bertz CT molecular complexity index is 605. The topological polar surface area (TPSA) is 35.0 Å². The third-order valence-corrected chi connectivity index (χ3v) is 2.72. The Kier molecular flexibility index (Phi) is 4.09. The third-order valence-electron chi connectivity index (χ3n) is 2.32. The molecule has 6 heteroatoms. The van der Waals surface area contributed by atoms with Crippen LogP contribution in [0.15, 0.2) is 28.9 Å². The average molecular weight is 329 g/mol. The van der Waals surface area contributed by atoms with Crippen molar-refractivity contribution in [3.63, 3.8) is 0 Å². The summed E-state index contributed by atoms with van der Waals surface area (Å²) in [6.45, 7) is 3.90. The van der Waals surface area contributed by atoms with Crippen LogP contribution in [-0.4, -0.2) is 9.97 Å². The molecule has 2 aromatic rings. The Balaban J connectivity index is 2.29. The van der Waals surface area contributed by atoms with Gasteiger partial charge in [-0.1, -0.05) is 13.8 Å². The van der Waals surface area contributed by atoms with E-state index < -0.39 is 11.6 Å². The highest BCUT2D eigenvalue weighted by atomic mass is 79.9. The Morgan fingerprint density at radius 2 is 1.84 bits per heavy atom. The van der Waals surface area contributed by atoms with Crippen molar-refractivity contribution in [1.82, 2.24) is 9.97 Å². The number of halogens is 3. The zero-order chi connectivity index (χ0) is 14.0. The summed E-state index contributed by atoms with van der Waals surface area (Å²) in [7, 11) is 0. The van der Waals surface area contributed by atoms with Crippen LogP contribution in [-0.2, 0) is 0 Å². The van der Waals surface area contributed by atoms with E-state index >= 15 is 0 Å². The SMILES string of the molecule is CC(C)c1nc(Br)cc(Oc2ccc(F)c(F)c2)n1. The summed E-state index contributed by atoms with van der Waals surface area (Å²) in [5.74, 6) is -0.693. The Hall–Kier alpha value is -1.56. The summed E-state index contributed by atoms with van der Waals surface area (Å²) < 4.78 is 31.9. The second kappa shape index (κ2) is 5.61. The summed E-state index contributed by atoms with van der Waals surface area (Å²) in [5, 5.41) is 0. The Morgan fingerprint density at radius 3 is 2.47 bits per heavy atom. The molecule has 3 nitrogen and oxygen atoms in total. The van der Waals surface area contributed by atoms with Gasteiger partial charge in [0, 0.05) is 18.1 Å². The fourth-order valence-electron chi connectivity index (χ4n) is 1.39. The van der Waals surface area contributed by atoms with Crippen molar-refractivity contribution in [3.05, 3.63) is 46.3 Å². The van der Waals surface area contributed by atoms with Crippen LogP contribution < -0.4 is 4.74 Å². The lowest BCUT2D eigenvalue weighted by molar-refractivity contribution is 0.442. The van der Waals surface area contributed by atoms with Crippen molar-refractivity contribution < 1.29 is 13.5 Å². The quantitative estimate of drug-likeness (QED) is 0.781. The fraction of sp³-hybridized carbons (Fsp3) is 0.231. The van der Waals surface area contributed by atoms with Gasteiger partial charge in [0.2, 0.25) is 5.88 Å². The molecule has 0 amide bonds. The van der Waals surface area contributed by atoms with Gasteiger partial charge in [0.25, 0.3) is 0 Å². The standard InChI is InChI=1S/C13H11BrF2N2O/c1-7(2)13-17-11(14)6-12(18-13)19-8-3-4-9(15)10(16)5-8/h3-7H,1-2H3. The molecule has 0 aliphatic carbocycles. The molecular weight excluding hydrogens is 318 g/mol. The minimum absolute atomic E-state index is 0.129. The molecule has 19 heavy (non-hydrogen) atoms. The molecule has 2 rings (SSSR count). The van der Waals surface area contributed by atoms with E-state index in [1.54, 1.807) is 6.07 Å². The van der Waals surface area contributed by atoms with E-state index in [-0.39, 0.29) is 17.5 Å². The van der Waals surface area contributed by atoms with Crippen LogP contribution in [0.3, 0.4) is 0 Å². The van der Waals surface area contributed by atoms with Gasteiger partial charge < -0.3 is 4.74 Å². The summed E-state index contributed by atoms with van der Waals surface area (Å²) in [6, 6.07) is 4.88. The van der Waals surface area contributed by atoms with E-state index in [0.717, 1.165) is 12.1 Å². The third kappa shape index (κ3) is 3.47. The molecule has 0 fully saturated rings. The van der Waals surface area contributed by atoms with Gasteiger partial charge in [0.05, 0.1) is 0 Å². The minimum atomic E-state index is -0.963. The van der Waals surface area contributed by atoms with Crippen molar-refractivity contribution in [2.45, 2.75) is 19.8 Å². The molecule has 0 aliphatic heterocycles. The van der Waals surface area contributed by atoms with Gasteiger partial charge in [-0.25, -0.2) is 13.8 Å². The molecule has 0 atom stereocenters. The van der Waals surface area contributed by atoms with Crippen LogP contribution in [0.4, 0.5) is 8.78 Å². The maximum Gasteiger partial charge on any atom is 0.223 e. The second-order valence-electron chi connectivity index (χ2n) is 4.22. The second-order valence-corrected chi connectivity index (χ2v) is 5.03. The van der Waals surface area contributed by atoms with Crippen molar-refractivity contribution in [2.24, 2.45) is 0 Å². The number of ether oxygens (including phenoxy) is 1. The van der Waals surface area contributed by atoms with Crippen LogP contribution in [0.5, 0.6) is 11.6 Å². The molecule has 0 bridgehead atoms. The van der Waals surface area contributed by atoms with E-state index in [0.29, 0.717) is 10.4 Å². The molecule has 0 aliphatic rings. The smallest absolute Gasteiger partial charge is 0.223 e. The molecule has 0 N–H and O–H groups in total. The summed E-state index contributed by atoms with van der Waals surface area (Å²) in [5.41, 5.74) is 0. The highest BCUT2D eigenvalue weighted by molar-refractivity contribution is 9.10. The van der Waals surface area contributed by atoms with E-state index in [2.05, 4.69) is 25.9 Å². The van der Waals surface area contributed by atoms with Gasteiger partial charge in [0.15, 0.2) is 11.6 Å². The highest BCUT2D eigenvalue weighted by Gasteiger charge is 2.10. The Labute approximate surface area is 117 Å². The molecular formula is C13H11BrF2N2O. The van der Waals surface area contributed by atoms with Gasteiger partial charge in [-0.05, 0) is 28.1 Å². The number of hydrogen-bond acceptors (Lipinski definition) is 3. The van der Waals surface area contributed by atoms with Crippen LogP contribution >= 0.6 is 15.9 Å². The monoisotopic (exact) mass is 328 g/mol. The number of hydrogen-bond donors (Lipinski definition) is 0. The molecule has 1 aromatic carbocycles. The number of aromatic nitrogens is 2. The number of nitrogens with zero attached hydrogens (tertiary/aromatic N) is 2. The molecule has 0 saturated heterocycles. The first-order valence-electron chi connectivity index (χ1n) is 5.63. The lowest BCUT2D eigenvalue weighted by Crippen LogP contribution is -2.00. The first kappa shape index (κ1) is 13.9. The van der Waals surface area contributed by atoms with Crippen molar-refractivity contribution in [1.29, 1.82) is 0 Å². The highest BCUT2D eigenvalue weighted by Crippen LogP contribution is 2.25. The van der Waals surface area contributed by atoms with Crippen molar-refractivity contribution in [3.8, 4) is 11.6 Å². The summed E-state index contributed by atoms with van der Waals surface area (Å²) in [4.78, 5) is 8.40. The molecule has 0 radical (unpaired) electrons. The molecule has 0 unspecified atom stereocenters. The van der Waals surface area contributed by atoms with Crippen LogP contribution in [0, 0.1) is 11.6 Å². The van der Waals surface area contributed by atoms with E-state index in [1.165, 1.54) is 6.07 Å². The summed E-state index contributed by atoms with van der Waals surface area (Å²) >= 11 is 3.26. The fourth-order valence-corrected chi connectivity index (χ4v) is 1.76. The average Bonchev–Trinajstić information content (AvgIpc) is 2.33. The van der Waals surface area contributed by atoms with E-state index in [1.807, 2.05) is 13.8 Å². The van der Waals surface area contributed by atoms with Crippen LogP contribution in [0.2, 0.25) is 0 Å². The Morgan fingerprint density at radius 1 is 1.11 bits per heavy atom. The predicted molar refractivity (Wildman–Crippen MR) is 70.3 cm³/mol. The van der Waals surface area contributed by atoms with Crippen LogP contribution in [0.1, 0.15) is 25.6 Å². The van der Waals surface area contributed by atoms with Crippen molar-refractivity contribution in [2.75, 3.05) is 0 Å². The van der Waals surface area contributed by atoms with E-state index in [9.17, 15) is 8.78 Å². The molecule has 1 heterocycles. The van der Waals surface area contributed by atoms with Gasteiger partial charge in [-0.15, -0.1) is 0 Å². The largest absolute Gasteiger partial charge is 0.439 e. The first-order chi connectivity index (χ1) is 8.95. The van der Waals surface area contributed by atoms with Crippen LogP contribution in [0.25, 0.3) is 0 Å². The van der Waals surface area contributed by atoms with Gasteiger partial charge in [0.1, 0.15) is 16.2 Å². The maximum atomic E-state index is 13.1. The normalized spacial score (nSPS) is 10.8. The molecule has 1 aromatic heterocycles. The lowest BCUT2D eigenvalue weighted by Gasteiger charge is -2.09. The van der Waals surface area contributed by atoms with Gasteiger partial charge >= 0.3 is 0 Å².